The minimum absolute atomic E-state index is 0.231. The molecule has 1 unspecified atom stereocenters. The van der Waals surface area contributed by atoms with Gasteiger partial charge in [0.15, 0.2) is 0 Å². The van der Waals surface area contributed by atoms with Gasteiger partial charge in [-0.2, -0.15) is 0 Å². The molecule has 112 valence electrons. The van der Waals surface area contributed by atoms with Crippen molar-refractivity contribution in [2.75, 3.05) is 6.54 Å². The van der Waals surface area contributed by atoms with Crippen LogP contribution in [0, 0.1) is 11.2 Å². The van der Waals surface area contributed by atoms with Crippen LogP contribution in [0.2, 0.25) is 5.02 Å². The zero-order valence-corrected chi connectivity index (χ0v) is 13.3. The van der Waals surface area contributed by atoms with Crippen molar-refractivity contribution in [2.45, 2.75) is 58.4 Å². The zero-order valence-electron chi connectivity index (χ0n) is 12.5. The third-order valence-corrected chi connectivity index (χ3v) is 5.24. The van der Waals surface area contributed by atoms with E-state index in [2.05, 4.69) is 19.2 Å². The molecule has 1 N–H and O–H groups in total. The molecule has 0 saturated heterocycles. The number of halogens is 2. The van der Waals surface area contributed by atoms with E-state index in [4.69, 9.17) is 11.6 Å². The summed E-state index contributed by atoms with van der Waals surface area (Å²) in [6, 6.07) is 5.67. The summed E-state index contributed by atoms with van der Waals surface area (Å²) in [5.74, 6) is -0.249. The van der Waals surface area contributed by atoms with Crippen LogP contribution in [0.4, 0.5) is 4.39 Å². The number of likely N-dealkylation sites (N-methyl/N-ethyl adjacent to an activating group) is 1. The molecule has 20 heavy (non-hydrogen) atoms. The van der Waals surface area contributed by atoms with Crippen LogP contribution in [0.15, 0.2) is 18.2 Å². The molecule has 0 amide bonds. The predicted molar refractivity (Wildman–Crippen MR) is 83.8 cm³/mol. The van der Waals surface area contributed by atoms with Crippen molar-refractivity contribution in [3.05, 3.63) is 34.6 Å². The largest absolute Gasteiger partial charge is 0.313 e. The van der Waals surface area contributed by atoms with Gasteiger partial charge in [0.05, 0.1) is 5.02 Å². The first-order chi connectivity index (χ1) is 9.63. The van der Waals surface area contributed by atoms with Crippen LogP contribution in [0.25, 0.3) is 0 Å². The number of nitrogens with one attached hydrogen (secondary N) is 1. The van der Waals surface area contributed by atoms with Crippen LogP contribution >= 0.6 is 11.6 Å². The Labute approximate surface area is 126 Å². The van der Waals surface area contributed by atoms with Crippen LogP contribution in [0.5, 0.6) is 0 Å². The average molecular weight is 298 g/mol. The summed E-state index contributed by atoms with van der Waals surface area (Å²) in [5, 5.41) is 3.83. The molecule has 0 spiro atoms. The molecule has 1 aliphatic rings. The molecule has 1 fully saturated rings. The van der Waals surface area contributed by atoms with Crippen molar-refractivity contribution in [1.82, 2.24) is 5.32 Å². The molecule has 2 rings (SSSR count). The van der Waals surface area contributed by atoms with E-state index in [1.165, 1.54) is 25.7 Å². The van der Waals surface area contributed by atoms with E-state index in [0.29, 0.717) is 11.5 Å². The second-order valence-corrected chi connectivity index (χ2v) is 6.36. The molecule has 1 aliphatic carbocycles. The summed E-state index contributed by atoms with van der Waals surface area (Å²) >= 11 is 5.91. The zero-order chi connectivity index (χ0) is 14.6. The Bertz CT molecular complexity index is 441. The number of rotatable bonds is 6. The summed E-state index contributed by atoms with van der Waals surface area (Å²) in [5.41, 5.74) is 1.06. The average Bonchev–Trinajstić information content (AvgIpc) is 2.93. The molecule has 0 heterocycles. The normalized spacial score (nSPS) is 19.2. The summed E-state index contributed by atoms with van der Waals surface area (Å²) in [7, 11) is 0. The fraction of sp³-hybridized carbons (Fsp3) is 0.647. The first kappa shape index (κ1) is 15.8. The molecule has 3 heteroatoms. The molecule has 1 aromatic rings. The predicted octanol–water partition coefficient (Wildman–Crippen LogP) is 4.97. The van der Waals surface area contributed by atoms with Crippen molar-refractivity contribution in [1.29, 1.82) is 0 Å². The maximum atomic E-state index is 14.2. The minimum atomic E-state index is -0.249. The molecular formula is C17H25ClFN. The van der Waals surface area contributed by atoms with Crippen LogP contribution in [0.3, 0.4) is 0 Å². The lowest BCUT2D eigenvalue weighted by Gasteiger charge is -2.38. The van der Waals surface area contributed by atoms with E-state index >= 15 is 0 Å². The monoisotopic (exact) mass is 297 g/mol. The Kier molecular flexibility index (Phi) is 5.45. The lowest BCUT2D eigenvalue weighted by molar-refractivity contribution is 0.185. The molecule has 1 saturated carbocycles. The minimum Gasteiger partial charge on any atom is -0.313 e. The van der Waals surface area contributed by atoms with Crippen molar-refractivity contribution >= 4 is 11.6 Å². The van der Waals surface area contributed by atoms with Gasteiger partial charge in [-0.1, -0.05) is 50.4 Å². The highest BCUT2D eigenvalue weighted by atomic mass is 35.5. The molecule has 0 aromatic heterocycles. The smallest absolute Gasteiger partial charge is 0.145 e. The second-order valence-electron chi connectivity index (χ2n) is 5.95. The Morgan fingerprint density at radius 3 is 2.60 bits per heavy atom. The van der Waals surface area contributed by atoms with Gasteiger partial charge in [0.25, 0.3) is 0 Å². The highest BCUT2D eigenvalue weighted by Gasteiger charge is 2.39. The Balaban J connectivity index is 2.23. The fourth-order valence-corrected chi connectivity index (χ4v) is 3.90. The first-order valence-electron chi connectivity index (χ1n) is 7.79. The molecular weight excluding hydrogens is 273 g/mol. The highest BCUT2D eigenvalue weighted by molar-refractivity contribution is 6.30. The van der Waals surface area contributed by atoms with Crippen LogP contribution in [0.1, 0.15) is 51.5 Å². The summed E-state index contributed by atoms with van der Waals surface area (Å²) in [6.07, 6.45) is 7.00. The van der Waals surface area contributed by atoms with Gasteiger partial charge in [-0.05, 0) is 49.3 Å². The first-order valence-corrected chi connectivity index (χ1v) is 8.17. The number of hydrogen-bond donors (Lipinski definition) is 1. The second kappa shape index (κ2) is 6.91. The van der Waals surface area contributed by atoms with E-state index in [1.54, 1.807) is 6.07 Å². The third kappa shape index (κ3) is 3.17. The highest BCUT2D eigenvalue weighted by Crippen LogP contribution is 2.45. The third-order valence-electron chi connectivity index (χ3n) is 4.95. The molecule has 1 nitrogen and oxygen atoms in total. The molecule has 1 atom stereocenters. The molecule has 0 bridgehead atoms. The quantitative estimate of drug-likeness (QED) is 0.781. The number of hydrogen-bond acceptors (Lipinski definition) is 1. The maximum absolute atomic E-state index is 14.2. The topological polar surface area (TPSA) is 12.0 Å². The maximum Gasteiger partial charge on any atom is 0.145 e. The summed E-state index contributed by atoms with van der Waals surface area (Å²) < 4.78 is 14.2. The Hall–Kier alpha value is -0.600. The van der Waals surface area contributed by atoms with Crippen LogP contribution in [-0.2, 0) is 6.42 Å². The van der Waals surface area contributed by atoms with Gasteiger partial charge in [0.1, 0.15) is 5.82 Å². The SMILES string of the molecule is CCNC(Cc1cccc(Cl)c1F)C1(CC)CCCC1. The van der Waals surface area contributed by atoms with E-state index in [-0.39, 0.29) is 10.8 Å². The van der Waals surface area contributed by atoms with E-state index in [0.717, 1.165) is 24.9 Å². The van der Waals surface area contributed by atoms with E-state index in [9.17, 15) is 4.39 Å². The number of benzene rings is 1. The standard InChI is InChI=1S/C17H25ClFN/c1-3-17(10-5-6-11-17)15(20-4-2)12-13-8-7-9-14(18)16(13)19/h7-9,15,20H,3-6,10-12H2,1-2H3. The van der Waals surface area contributed by atoms with Gasteiger partial charge in [-0.25, -0.2) is 4.39 Å². The van der Waals surface area contributed by atoms with Crippen LogP contribution in [-0.4, -0.2) is 12.6 Å². The summed E-state index contributed by atoms with van der Waals surface area (Å²) in [6.45, 7) is 5.32. The summed E-state index contributed by atoms with van der Waals surface area (Å²) in [4.78, 5) is 0. The molecule has 0 radical (unpaired) electrons. The van der Waals surface area contributed by atoms with Gasteiger partial charge < -0.3 is 5.32 Å². The lowest BCUT2D eigenvalue weighted by atomic mass is 9.74. The van der Waals surface area contributed by atoms with Gasteiger partial charge in [-0.15, -0.1) is 0 Å². The lowest BCUT2D eigenvalue weighted by Crippen LogP contribution is -2.45. The van der Waals surface area contributed by atoms with Crippen molar-refractivity contribution in [2.24, 2.45) is 5.41 Å². The Morgan fingerprint density at radius 1 is 1.30 bits per heavy atom. The van der Waals surface area contributed by atoms with Crippen molar-refractivity contribution in [3.63, 3.8) is 0 Å². The van der Waals surface area contributed by atoms with Gasteiger partial charge in [0.2, 0.25) is 0 Å². The molecule has 0 aliphatic heterocycles. The fourth-order valence-electron chi connectivity index (χ4n) is 3.71. The van der Waals surface area contributed by atoms with Crippen LogP contribution < -0.4 is 5.32 Å². The van der Waals surface area contributed by atoms with E-state index in [1.807, 2.05) is 12.1 Å². The molecule has 1 aromatic carbocycles. The van der Waals surface area contributed by atoms with Gasteiger partial charge >= 0.3 is 0 Å². The van der Waals surface area contributed by atoms with Crippen molar-refractivity contribution in [3.8, 4) is 0 Å². The van der Waals surface area contributed by atoms with Gasteiger partial charge in [0, 0.05) is 6.04 Å². The van der Waals surface area contributed by atoms with Crippen molar-refractivity contribution < 1.29 is 4.39 Å². The van der Waals surface area contributed by atoms with Gasteiger partial charge in [-0.3, -0.25) is 0 Å². The van der Waals surface area contributed by atoms with E-state index < -0.39 is 0 Å². The Morgan fingerprint density at radius 2 is 2.00 bits per heavy atom.